The molecule has 1 heterocycles. The minimum Gasteiger partial charge on any atom is -0.380 e. The lowest BCUT2D eigenvalue weighted by molar-refractivity contribution is 0.619. The van der Waals surface area contributed by atoms with Gasteiger partial charge < -0.3 is 5.32 Å². The maximum Gasteiger partial charge on any atom is 0.128 e. The fourth-order valence-corrected chi connectivity index (χ4v) is 3.58. The topological polar surface area (TPSA) is 12.0 Å². The Balaban J connectivity index is 2.10. The molecule has 0 fully saturated rings. The van der Waals surface area contributed by atoms with Gasteiger partial charge in [-0.3, -0.25) is 0 Å². The molecule has 0 atom stereocenters. The van der Waals surface area contributed by atoms with Crippen molar-refractivity contribution in [2.45, 2.75) is 13.5 Å². The van der Waals surface area contributed by atoms with E-state index >= 15 is 0 Å². The smallest absolute Gasteiger partial charge is 0.128 e. The third kappa shape index (κ3) is 3.09. The van der Waals surface area contributed by atoms with Crippen molar-refractivity contribution in [1.29, 1.82) is 0 Å². The largest absolute Gasteiger partial charge is 0.380 e. The van der Waals surface area contributed by atoms with E-state index in [1.165, 1.54) is 10.9 Å². The Hall–Kier alpha value is -0.390. The van der Waals surface area contributed by atoms with Crippen LogP contribution in [-0.4, -0.2) is 0 Å². The number of hydrogen-bond acceptors (Lipinski definition) is 2. The van der Waals surface area contributed by atoms with Gasteiger partial charge in [0.15, 0.2) is 0 Å². The van der Waals surface area contributed by atoms with Gasteiger partial charge in [-0.05, 0) is 57.0 Å². The van der Waals surface area contributed by atoms with Gasteiger partial charge in [-0.2, -0.15) is 0 Å². The van der Waals surface area contributed by atoms with Crippen LogP contribution in [0.5, 0.6) is 0 Å². The fraction of sp³-hybridized carbons (Fsp3) is 0.167. The molecule has 1 nitrogen and oxygen atoms in total. The minimum atomic E-state index is -0.177. The first kappa shape index (κ1) is 13.1. The summed E-state index contributed by atoms with van der Waals surface area (Å²) < 4.78 is 15.4. The van der Waals surface area contributed by atoms with E-state index in [0.29, 0.717) is 12.1 Å². The van der Waals surface area contributed by atoms with Crippen LogP contribution in [0, 0.1) is 12.7 Å². The standard InChI is InChI=1S/C12H10Br2FNS/c1-7-10(15)3-2-4-11(7)16-6-8-5-9(13)12(14)17-8/h2-5,16H,6H2,1H3. The molecule has 90 valence electrons. The van der Waals surface area contributed by atoms with E-state index in [0.717, 1.165) is 13.9 Å². The SMILES string of the molecule is Cc1c(F)cccc1NCc1cc(Br)c(Br)s1. The van der Waals surface area contributed by atoms with Crippen molar-refractivity contribution >= 4 is 48.9 Å². The lowest BCUT2D eigenvalue weighted by Crippen LogP contribution is -2.00. The van der Waals surface area contributed by atoms with Gasteiger partial charge in [-0.25, -0.2) is 4.39 Å². The lowest BCUT2D eigenvalue weighted by atomic mass is 10.2. The van der Waals surface area contributed by atoms with E-state index in [1.807, 2.05) is 6.07 Å². The van der Waals surface area contributed by atoms with Crippen LogP contribution < -0.4 is 5.32 Å². The molecular formula is C12H10Br2FNS. The van der Waals surface area contributed by atoms with Crippen LogP contribution in [-0.2, 0) is 6.54 Å². The van der Waals surface area contributed by atoms with Crippen molar-refractivity contribution in [1.82, 2.24) is 0 Å². The van der Waals surface area contributed by atoms with Gasteiger partial charge in [0, 0.05) is 27.1 Å². The molecule has 0 saturated carbocycles. The zero-order valence-corrected chi connectivity index (χ0v) is 13.0. The Morgan fingerprint density at radius 1 is 1.35 bits per heavy atom. The molecule has 0 amide bonds. The third-order valence-electron chi connectivity index (χ3n) is 2.42. The highest BCUT2D eigenvalue weighted by Gasteiger charge is 2.06. The van der Waals surface area contributed by atoms with Crippen LogP contribution >= 0.6 is 43.2 Å². The molecule has 0 aliphatic rings. The summed E-state index contributed by atoms with van der Waals surface area (Å²) in [5, 5.41) is 3.24. The molecule has 0 spiro atoms. The van der Waals surface area contributed by atoms with E-state index in [-0.39, 0.29) is 5.82 Å². The Morgan fingerprint density at radius 2 is 2.12 bits per heavy atom. The Labute approximate surface area is 120 Å². The Bertz CT molecular complexity index is 520. The van der Waals surface area contributed by atoms with Crippen LogP contribution in [0.3, 0.4) is 0 Å². The van der Waals surface area contributed by atoms with Crippen molar-refractivity contribution in [3.63, 3.8) is 0 Å². The van der Waals surface area contributed by atoms with E-state index < -0.39 is 0 Å². The van der Waals surface area contributed by atoms with Crippen LogP contribution in [0.4, 0.5) is 10.1 Å². The summed E-state index contributed by atoms with van der Waals surface area (Å²) >= 11 is 8.55. The summed E-state index contributed by atoms with van der Waals surface area (Å²) in [6, 6.07) is 7.12. The molecule has 5 heteroatoms. The average molecular weight is 379 g/mol. The van der Waals surface area contributed by atoms with Crippen molar-refractivity contribution in [3.05, 3.63) is 48.8 Å². The summed E-state index contributed by atoms with van der Waals surface area (Å²) in [5.41, 5.74) is 1.49. The normalized spacial score (nSPS) is 10.6. The van der Waals surface area contributed by atoms with E-state index in [9.17, 15) is 4.39 Å². The number of hydrogen-bond donors (Lipinski definition) is 1. The highest BCUT2D eigenvalue weighted by Crippen LogP contribution is 2.32. The summed E-state index contributed by atoms with van der Waals surface area (Å²) in [7, 11) is 0. The van der Waals surface area contributed by atoms with Crippen LogP contribution in [0.25, 0.3) is 0 Å². The molecule has 1 aromatic carbocycles. The van der Waals surface area contributed by atoms with Crippen molar-refractivity contribution in [3.8, 4) is 0 Å². The molecule has 2 rings (SSSR count). The van der Waals surface area contributed by atoms with Crippen LogP contribution in [0.15, 0.2) is 32.5 Å². The van der Waals surface area contributed by atoms with Gasteiger partial charge in [-0.1, -0.05) is 6.07 Å². The van der Waals surface area contributed by atoms with Gasteiger partial charge in [-0.15, -0.1) is 11.3 Å². The second-order valence-corrected chi connectivity index (χ2v) is 6.91. The summed E-state index contributed by atoms with van der Waals surface area (Å²) in [6.07, 6.45) is 0. The summed E-state index contributed by atoms with van der Waals surface area (Å²) in [6.45, 7) is 2.47. The fourth-order valence-electron chi connectivity index (χ4n) is 1.46. The van der Waals surface area contributed by atoms with Crippen molar-refractivity contribution in [2.24, 2.45) is 0 Å². The highest BCUT2D eigenvalue weighted by atomic mass is 79.9. The van der Waals surface area contributed by atoms with E-state index in [4.69, 9.17) is 0 Å². The predicted octanol–water partition coefficient (Wildman–Crippen LogP) is 5.33. The molecule has 0 unspecified atom stereocenters. The van der Waals surface area contributed by atoms with Gasteiger partial charge in [0.05, 0.1) is 3.79 Å². The van der Waals surface area contributed by atoms with Gasteiger partial charge in [0.1, 0.15) is 5.82 Å². The molecule has 1 aromatic heterocycles. The second-order valence-electron chi connectivity index (χ2n) is 3.60. The first-order chi connectivity index (χ1) is 8.08. The number of halogens is 3. The second kappa shape index (κ2) is 5.50. The van der Waals surface area contributed by atoms with Gasteiger partial charge in [0.25, 0.3) is 0 Å². The molecule has 0 aliphatic heterocycles. The molecule has 0 bridgehead atoms. The third-order valence-corrected chi connectivity index (χ3v) is 5.67. The first-order valence-corrected chi connectivity index (χ1v) is 7.41. The quantitative estimate of drug-likeness (QED) is 0.760. The van der Waals surface area contributed by atoms with Crippen molar-refractivity contribution in [2.75, 3.05) is 5.32 Å². The number of thiophene rings is 1. The van der Waals surface area contributed by atoms with E-state index in [2.05, 4.69) is 43.2 Å². The predicted molar refractivity (Wildman–Crippen MR) is 78.2 cm³/mol. The number of anilines is 1. The number of rotatable bonds is 3. The summed E-state index contributed by atoms with van der Waals surface area (Å²) in [5.74, 6) is -0.177. The first-order valence-electron chi connectivity index (χ1n) is 5.00. The zero-order valence-electron chi connectivity index (χ0n) is 9.06. The Kier molecular flexibility index (Phi) is 4.22. The molecular weight excluding hydrogens is 369 g/mol. The summed E-state index contributed by atoms with van der Waals surface area (Å²) in [4.78, 5) is 1.19. The minimum absolute atomic E-state index is 0.177. The maximum atomic E-state index is 13.3. The Morgan fingerprint density at radius 3 is 2.76 bits per heavy atom. The van der Waals surface area contributed by atoms with Crippen molar-refractivity contribution < 1.29 is 4.39 Å². The molecule has 1 N–H and O–H groups in total. The highest BCUT2D eigenvalue weighted by molar-refractivity contribution is 9.13. The van der Waals surface area contributed by atoms with Crippen LogP contribution in [0.1, 0.15) is 10.4 Å². The van der Waals surface area contributed by atoms with E-state index in [1.54, 1.807) is 24.3 Å². The number of benzene rings is 1. The average Bonchev–Trinajstić information content (AvgIpc) is 2.61. The monoisotopic (exact) mass is 377 g/mol. The molecule has 2 aromatic rings. The molecule has 17 heavy (non-hydrogen) atoms. The van der Waals surface area contributed by atoms with Gasteiger partial charge >= 0.3 is 0 Å². The number of nitrogens with one attached hydrogen (secondary N) is 1. The van der Waals surface area contributed by atoms with Gasteiger partial charge in [0.2, 0.25) is 0 Å². The zero-order chi connectivity index (χ0) is 12.4. The molecule has 0 saturated heterocycles. The molecule has 0 radical (unpaired) electrons. The molecule has 0 aliphatic carbocycles. The lowest BCUT2D eigenvalue weighted by Gasteiger charge is -2.08. The van der Waals surface area contributed by atoms with Crippen LogP contribution in [0.2, 0.25) is 0 Å². The maximum absolute atomic E-state index is 13.3.